The first-order valence-electron chi connectivity index (χ1n) is 3.22. The average Bonchev–Trinajstić information content (AvgIpc) is 1.65. The normalized spacial score (nSPS) is 17.9. The summed E-state index contributed by atoms with van der Waals surface area (Å²) in [6.45, 7) is 7.92. The molecule has 0 aromatic rings. The molecule has 0 radical (unpaired) electrons. The van der Waals surface area contributed by atoms with E-state index in [1.165, 1.54) is 0 Å². The minimum absolute atomic E-state index is 0.150. The van der Waals surface area contributed by atoms with Crippen LogP contribution in [0.4, 0.5) is 0 Å². The molecule has 0 fully saturated rings. The van der Waals surface area contributed by atoms with E-state index in [1.807, 2.05) is 20.8 Å². The van der Waals surface area contributed by atoms with E-state index in [9.17, 15) is 4.57 Å². The van der Waals surface area contributed by atoms with Crippen LogP contribution in [0.2, 0.25) is 0 Å². The Balaban J connectivity index is 3.87. The van der Waals surface area contributed by atoms with E-state index in [0.29, 0.717) is 6.61 Å². The molecule has 9 heavy (non-hydrogen) atoms. The lowest BCUT2D eigenvalue weighted by atomic mass is 10.6. The van der Waals surface area contributed by atoms with Crippen LogP contribution in [0.5, 0.6) is 0 Å². The van der Waals surface area contributed by atoms with Crippen LogP contribution in [-0.2, 0) is 9.09 Å². The number of hydrogen-bond acceptors (Lipinski definition) is 2. The largest absolute Gasteiger partial charge is 0.329 e. The van der Waals surface area contributed by atoms with Gasteiger partial charge in [0.2, 0.25) is 7.37 Å². The van der Waals surface area contributed by atoms with Gasteiger partial charge in [-0.15, -0.1) is 0 Å². The van der Waals surface area contributed by atoms with Gasteiger partial charge in [0.25, 0.3) is 0 Å². The minimum atomic E-state index is -2.26. The Morgan fingerprint density at radius 1 is 1.56 bits per heavy atom. The minimum Gasteiger partial charge on any atom is -0.329 e. The highest BCUT2D eigenvalue weighted by Crippen LogP contribution is 2.47. The van der Waals surface area contributed by atoms with Crippen molar-refractivity contribution in [2.45, 2.75) is 26.4 Å². The highest BCUT2D eigenvalue weighted by atomic mass is 31.2. The van der Waals surface area contributed by atoms with Crippen LogP contribution >= 0.6 is 7.37 Å². The molecule has 0 amide bonds. The van der Waals surface area contributed by atoms with Crippen LogP contribution in [0.15, 0.2) is 0 Å². The first-order chi connectivity index (χ1) is 4.00. The van der Waals surface area contributed by atoms with E-state index in [2.05, 4.69) is 0 Å². The highest BCUT2D eigenvalue weighted by Gasteiger charge is 2.19. The SMILES string of the molecule is CCO[P@](C)(=O)C(C)C. The lowest BCUT2D eigenvalue weighted by Gasteiger charge is -2.15. The molecule has 56 valence electrons. The van der Waals surface area contributed by atoms with E-state index < -0.39 is 7.37 Å². The molecule has 0 N–H and O–H groups in total. The van der Waals surface area contributed by atoms with E-state index in [4.69, 9.17) is 4.52 Å². The second kappa shape index (κ2) is 3.38. The van der Waals surface area contributed by atoms with Crippen molar-refractivity contribution in [3.63, 3.8) is 0 Å². The molecule has 2 nitrogen and oxygen atoms in total. The fraction of sp³-hybridized carbons (Fsp3) is 1.00. The Kier molecular flexibility index (Phi) is 3.45. The van der Waals surface area contributed by atoms with Gasteiger partial charge in [-0.05, 0) is 6.92 Å². The van der Waals surface area contributed by atoms with E-state index in [0.717, 1.165) is 0 Å². The molecule has 0 aromatic heterocycles. The summed E-state index contributed by atoms with van der Waals surface area (Å²) < 4.78 is 16.3. The molecule has 0 bridgehead atoms. The van der Waals surface area contributed by atoms with Gasteiger partial charge in [-0.25, -0.2) is 0 Å². The molecule has 0 aliphatic carbocycles. The molecule has 0 rings (SSSR count). The van der Waals surface area contributed by atoms with Crippen LogP contribution in [0.1, 0.15) is 20.8 Å². The predicted octanol–water partition coefficient (Wildman–Crippen LogP) is 2.34. The molecule has 0 saturated carbocycles. The lowest BCUT2D eigenvalue weighted by molar-refractivity contribution is 0.332. The Bertz CT molecular complexity index is 120. The summed E-state index contributed by atoms with van der Waals surface area (Å²) >= 11 is 0. The van der Waals surface area contributed by atoms with Crippen LogP contribution in [-0.4, -0.2) is 18.9 Å². The second-order valence-electron chi connectivity index (χ2n) is 2.42. The van der Waals surface area contributed by atoms with Crippen LogP contribution in [0.25, 0.3) is 0 Å². The van der Waals surface area contributed by atoms with Crippen molar-refractivity contribution in [2.75, 3.05) is 13.3 Å². The molecular weight excluding hydrogens is 135 g/mol. The van der Waals surface area contributed by atoms with Gasteiger partial charge in [-0.1, -0.05) is 13.8 Å². The zero-order chi connectivity index (χ0) is 7.49. The van der Waals surface area contributed by atoms with Gasteiger partial charge in [0, 0.05) is 12.3 Å². The molecular formula is C6H15O2P. The molecule has 0 saturated heterocycles. The number of rotatable bonds is 3. The maximum atomic E-state index is 11.3. The van der Waals surface area contributed by atoms with Crippen molar-refractivity contribution in [2.24, 2.45) is 0 Å². The molecule has 0 aliphatic rings. The summed E-state index contributed by atoms with van der Waals surface area (Å²) in [4.78, 5) is 0. The van der Waals surface area contributed by atoms with Crippen molar-refractivity contribution in [1.29, 1.82) is 0 Å². The topological polar surface area (TPSA) is 26.3 Å². The Morgan fingerprint density at radius 3 is 2.11 bits per heavy atom. The predicted molar refractivity (Wildman–Crippen MR) is 40.3 cm³/mol. The third-order valence-corrected chi connectivity index (χ3v) is 3.97. The first kappa shape index (κ1) is 9.19. The van der Waals surface area contributed by atoms with Crippen molar-refractivity contribution in [3.8, 4) is 0 Å². The Hall–Kier alpha value is 0.190. The fourth-order valence-corrected chi connectivity index (χ4v) is 1.22. The third kappa shape index (κ3) is 3.02. The molecule has 1 atom stereocenters. The van der Waals surface area contributed by atoms with Gasteiger partial charge >= 0.3 is 0 Å². The second-order valence-corrected chi connectivity index (χ2v) is 5.53. The average molecular weight is 150 g/mol. The van der Waals surface area contributed by atoms with E-state index in [-0.39, 0.29) is 5.66 Å². The Morgan fingerprint density at radius 2 is 2.00 bits per heavy atom. The van der Waals surface area contributed by atoms with Gasteiger partial charge < -0.3 is 4.52 Å². The summed E-state index contributed by atoms with van der Waals surface area (Å²) in [5, 5.41) is 0. The van der Waals surface area contributed by atoms with E-state index in [1.54, 1.807) is 6.66 Å². The maximum Gasteiger partial charge on any atom is 0.202 e. The Labute approximate surface area is 57.1 Å². The van der Waals surface area contributed by atoms with Crippen LogP contribution in [0, 0.1) is 0 Å². The molecule has 0 aliphatic heterocycles. The monoisotopic (exact) mass is 150 g/mol. The van der Waals surface area contributed by atoms with Crippen LogP contribution in [0.3, 0.4) is 0 Å². The standard InChI is InChI=1S/C6H15O2P/c1-5-8-9(4,7)6(2)3/h6H,5H2,1-4H3/t9-/m0/s1. The van der Waals surface area contributed by atoms with Gasteiger partial charge in [-0.3, -0.25) is 4.57 Å². The number of hydrogen-bond donors (Lipinski definition) is 0. The third-order valence-electron chi connectivity index (χ3n) is 1.32. The smallest absolute Gasteiger partial charge is 0.202 e. The zero-order valence-corrected chi connectivity index (χ0v) is 7.44. The quantitative estimate of drug-likeness (QED) is 0.577. The molecule has 0 aromatic carbocycles. The fourth-order valence-electron chi connectivity index (χ4n) is 0.405. The molecule has 0 unspecified atom stereocenters. The summed E-state index contributed by atoms with van der Waals surface area (Å²) in [5.74, 6) is 0. The van der Waals surface area contributed by atoms with Gasteiger partial charge in [0.15, 0.2) is 0 Å². The molecule has 0 spiro atoms. The van der Waals surface area contributed by atoms with Crippen molar-refractivity contribution < 1.29 is 9.09 Å². The summed E-state index contributed by atoms with van der Waals surface area (Å²) in [5.41, 5.74) is 0.150. The van der Waals surface area contributed by atoms with Crippen molar-refractivity contribution >= 4 is 7.37 Å². The molecule has 3 heteroatoms. The van der Waals surface area contributed by atoms with Gasteiger partial charge in [0.1, 0.15) is 0 Å². The maximum absolute atomic E-state index is 11.3. The van der Waals surface area contributed by atoms with E-state index >= 15 is 0 Å². The van der Waals surface area contributed by atoms with Crippen molar-refractivity contribution in [1.82, 2.24) is 0 Å². The van der Waals surface area contributed by atoms with Gasteiger partial charge in [-0.2, -0.15) is 0 Å². The van der Waals surface area contributed by atoms with Crippen molar-refractivity contribution in [3.05, 3.63) is 0 Å². The summed E-state index contributed by atoms with van der Waals surface area (Å²) in [7, 11) is -2.26. The van der Waals surface area contributed by atoms with Crippen LogP contribution < -0.4 is 0 Å². The molecule has 0 heterocycles. The summed E-state index contributed by atoms with van der Waals surface area (Å²) in [6.07, 6.45) is 0. The summed E-state index contributed by atoms with van der Waals surface area (Å²) in [6, 6.07) is 0. The zero-order valence-electron chi connectivity index (χ0n) is 6.55. The lowest BCUT2D eigenvalue weighted by Crippen LogP contribution is -1.99. The van der Waals surface area contributed by atoms with Gasteiger partial charge in [0.05, 0.1) is 6.61 Å². The highest BCUT2D eigenvalue weighted by molar-refractivity contribution is 7.58. The first-order valence-corrected chi connectivity index (χ1v) is 5.36.